The van der Waals surface area contributed by atoms with Gasteiger partial charge in [-0.3, -0.25) is 0 Å². The smallest absolute Gasteiger partial charge is 0.115 e. The number of hydrogen-bond donors (Lipinski definition) is 1. The van der Waals surface area contributed by atoms with Crippen molar-refractivity contribution in [3.8, 4) is 5.75 Å². The number of phenolic OH excluding ortho intramolecular Hbond substituents is 1. The number of phenols is 1. The summed E-state index contributed by atoms with van der Waals surface area (Å²) in [6, 6.07) is 7.66. The summed E-state index contributed by atoms with van der Waals surface area (Å²) in [5, 5.41) is 9.51. The third-order valence-corrected chi connectivity index (χ3v) is 3.08. The molecule has 0 heterocycles. The van der Waals surface area contributed by atoms with Gasteiger partial charge >= 0.3 is 0 Å². The Labute approximate surface area is 125 Å². The van der Waals surface area contributed by atoms with Crippen molar-refractivity contribution in [2.24, 2.45) is 5.92 Å². The predicted molar refractivity (Wildman–Crippen MR) is 74.6 cm³/mol. The topological polar surface area (TPSA) is 23.5 Å². The van der Waals surface area contributed by atoms with Gasteiger partial charge in [0.1, 0.15) is 5.75 Å². The van der Waals surface area contributed by atoms with Crippen molar-refractivity contribution in [1.82, 2.24) is 4.90 Å². The van der Waals surface area contributed by atoms with Crippen LogP contribution in [0.15, 0.2) is 24.3 Å². The van der Waals surface area contributed by atoms with Crippen molar-refractivity contribution in [2.75, 3.05) is 20.6 Å². The van der Waals surface area contributed by atoms with Crippen LogP contribution in [0, 0.1) is 5.92 Å². The van der Waals surface area contributed by atoms with E-state index >= 15 is 0 Å². The second-order valence-electron chi connectivity index (χ2n) is 4.85. The molecule has 0 aliphatic rings. The first kappa shape index (κ1) is 16.9. The van der Waals surface area contributed by atoms with Gasteiger partial charge in [0.15, 0.2) is 0 Å². The molecule has 17 heavy (non-hydrogen) atoms. The van der Waals surface area contributed by atoms with E-state index < -0.39 is 0 Å². The zero-order valence-electron chi connectivity index (χ0n) is 11.3. The summed E-state index contributed by atoms with van der Waals surface area (Å²) < 4.78 is 0. The van der Waals surface area contributed by atoms with Crippen LogP contribution in [-0.4, -0.2) is 57.9 Å². The molecule has 0 saturated carbocycles. The Morgan fingerprint density at radius 2 is 1.94 bits per heavy atom. The number of nitrogens with zero attached hydrogens (tertiary/aromatic N) is 1. The minimum atomic E-state index is 0. The van der Waals surface area contributed by atoms with Crippen LogP contribution >= 0.6 is 0 Å². The molecule has 1 aromatic carbocycles. The van der Waals surface area contributed by atoms with Gasteiger partial charge in [-0.05, 0) is 50.0 Å². The molecule has 3 heteroatoms. The zero-order valence-corrected chi connectivity index (χ0v) is 15.2. The normalized spacial score (nSPS) is 14.2. The quantitative estimate of drug-likeness (QED) is 0.729. The molecule has 0 aliphatic heterocycles. The van der Waals surface area contributed by atoms with E-state index in [0.29, 0.717) is 17.6 Å². The number of aromatic hydroxyl groups is 1. The predicted octanol–water partition coefficient (Wildman–Crippen LogP) is 2.70. The maximum absolute atomic E-state index is 9.51. The summed E-state index contributed by atoms with van der Waals surface area (Å²) in [4.78, 5) is 2.22. The Morgan fingerprint density at radius 1 is 1.29 bits per heavy atom. The van der Waals surface area contributed by atoms with E-state index in [1.165, 1.54) is 5.56 Å². The fourth-order valence-corrected chi connectivity index (χ4v) is 2.43. The molecule has 0 saturated heterocycles. The number of hydrogen-bond acceptors (Lipinski definition) is 2. The van der Waals surface area contributed by atoms with E-state index in [0.717, 1.165) is 13.0 Å². The molecular formula is C14H23NOPb. The van der Waals surface area contributed by atoms with Gasteiger partial charge in [-0.2, -0.15) is 0 Å². The molecule has 0 unspecified atom stereocenters. The van der Waals surface area contributed by atoms with Crippen molar-refractivity contribution in [3.63, 3.8) is 0 Å². The molecule has 0 fully saturated rings. The standard InChI is InChI=1S/C14H23NO.Pb/c1-5-14(11(2)10-15(3)4)12-7-6-8-13(16)9-12;/h6-9,11,14,16H,5,10H2,1-4H3;/t11-,14+;/m0./s1. The summed E-state index contributed by atoms with van der Waals surface area (Å²) in [5.41, 5.74) is 1.25. The summed E-state index contributed by atoms with van der Waals surface area (Å²) in [7, 11) is 4.21. The molecule has 0 aromatic heterocycles. The Hall–Kier alpha value is -0.0979. The molecule has 2 atom stereocenters. The van der Waals surface area contributed by atoms with Gasteiger partial charge < -0.3 is 10.0 Å². The number of benzene rings is 1. The Morgan fingerprint density at radius 3 is 2.41 bits per heavy atom. The van der Waals surface area contributed by atoms with E-state index in [1.54, 1.807) is 6.07 Å². The fraction of sp³-hybridized carbons (Fsp3) is 0.571. The molecule has 0 spiro atoms. The third-order valence-electron chi connectivity index (χ3n) is 3.08. The first-order valence-corrected chi connectivity index (χ1v) is 5.98. The molecule has 94 valence electrons. The monoisotopic (exact) mass is 429 g/mol. The molecule has 1 aromatic rings. The molecule has 4 radical (unpaired) electrons. The second-order valence-corrected chi connectivity index (χ2v) is 4.85. The largest absolute Gasteiger partial charge is 0.508 e. The molecule has 1 rings (SSSR count). The first-order chi connectivity index (χ1) is 7.54. The van der Waals surface area contributed by atoms with E-state index in [9.17, 15) is 5.11 Å². The van der Waals surface area contributed by atoms with Gasteiger partial charge in [-0.15, -0.1) is 0 Å². The van der Waals surface area contributed by atoms with Crippen molar-refractivity contribution in [3.05, 3.63) is 29.8 Å². The maximum atomic E-state index is 9.51. The fourth-order valence-electron chi connectivity index (χ4n) is 2.43. The van der Waals surface area contributed by atoms with Gasteiger partial charge in [0.2, 0.25) is 0 Å². The van der Waals surface area contributed by atoms with Crippen molar-refractivity contribution in [2.45, 2.75) is 26.2 Å². The van der Waals surface area contributed by atoms with Crippen molar-refractivity contribution >= 4 is 27.3 Å². The van der Waals surface area contributed by atoms with Crippen molar-refractivity contribution < 1.29 is 5.11 Å². The second kappa shape index (κ2) is 8.08. The van der Waals surface area contributed by atoms with Crippen LogP contribution in [0.3, 0.4) is 0 Å². The Kier molecular flexibility index (Phi) is 8.04. The van der Waals surface area contributed by atoms with E-state index in [1.807, 2.05) is 12.1 Å². The van der Waals surface area contributed by atoms with Gasteiger partial charge in [-0.1, -0.05) is 26.0 Å². The van der Waals surface area contributed by atoms with Gasteiger partial charge in [0, 0.05) is 33.8 Å². The van der Waals surface area contributed by atoms with Gasteiger partial charge in [-0.25, -0.2) is 0 Å². The van der Waals surface area contributed by atoms with Gasteiger partial charge in [0.25, 0.3) is 0 Å². The Bertz CT molecular complexity index is 328. The average molecular weight is 429 g/mol. The minimum Gasteiger partial charge on any atom is -0.508 e. The van der Waals surface area contributed by atoms with Crippen LogP contribution in [0.4, 0.5) is 0 Å². The summed E-state index contributed by atoms with van der Waals surface area (Å²) >= 11 is 0. The third kappa shape index (κ3) is 5.38. The molecular weight excluding hydrogens is 405 g/mol. The molecule has 0 bridgehead atoms. The maximum Gasteiger partial charge on any atom is 0.115 e. The van der Waals surface area contributed by atoms with E-state index in [-0.39, 0.29) is 27.3 Å². The van der Waals surface area contributed by atoms with E-state index in [4.69, 9.17) is 0 Å². The van der Waals surface area contributed by atoms with Crippen LogP contribution in [-0.2, 0) is 0 Å². The van der Waals surface area contributed by atoms with Crippen LogP contribution in [0.5, 0.6) is 5.75 Å². The molecule has 1 N–H and O–H groups in total. The number of rotatable bonds is 5. The van der Waals surface area contributed by atoms with Crippen molar-refractivity contribution in [1.29, 1.82) is 0 Å². The SMILES string of the molecule is CC[C@@H](c1cccc(O)c1)[C@@H](C)CN(C)C.[Pb]. The summed E-state index contributed by atoms with van der Waals surface area (Å²) in [6.07, 6.45) is 1.11. The van der Waals surface area contributed by atoms with Crippen LogP contribution < -0.4 is 0 Å². The average Bonchev–Trinajstić information content (AvgIpc) is 2.17. The molecule has 0 aliphatic carbocycles. The molecule has 0 amide bonds. The summed E-state index contributed by atoms with van der Waals surface area (Å²) in [5.74, 6) is 1.49. The van der Waals surface area contributed by atoms with Gasteiger partial charge in [0.05, 0.1) is 0 Å². The van der Waals surface area contributed by atoms with Crippen LogP contribution in [0.25, 0.3) is 0 Å². The van der Waals surface area contributed by atoms with Crippen LogP contribution in [0.1, 0.15) is 31.7 Å². The zero-order chi connectivity index (χ0) is 12.1. The first-order valence-electron chi connectivity index (χ1n) is 5.98. The van der Waals surface area contributed by atoms with Crippen LogP contribution in [0.2, 0.25) is 0 Å². The Balaban J connectivity index is 0.00000256. The minimum absolute atomic E-state index is 0. The molecule has 2 nitrogen and oxygen atoms in total. The summed E-state index contributed by atoms with van der Waals surface area (Å²) in [6.45, 7) is 5.56. The van der Waals surface area contributed by atoms with E-state index in [2.05, 4.69) is 38.9 Å².